The van der Waals surface area contributed by atoms with Crippen LogP contribution in [0.5, 0.6) is 17.2 Å². The molecule has 3 aliphatic heterocycles. The lowest BCUT2D eigenvalue weighted by Gasteiger charge is -2.39. The van der Waals surface area contributed by atoms with Crippen LogP contribution in [0.4, 0.5) is 21.9 Å². The summed E-state index contributed by atoms with van der Waals surface area (Å²) in [5, 5.41) is 26.3. The normalized spacial score (nSPS) is 19.1. The van der Waals surface area contributed by atoms with E-state index in [0.717, 1.165) is 67.1 Å². The number of anilines is 2. The molecule has 0 bridgehead atoms. The van der Waals surface area contributed by atoms with Gasteiger partial charge in [0, 0.05) is 106 Å². The van der Waals surface area contributed by atoms with Gasteiger partial charge in [0.2, 0.25) is 0 Å². The lowest BCUT2D eigenvalue weighted by molar-refractivity contribution is -0.384. The number of carbonyl (C=O) groups excluding carboxylic acids is 1. The monoisotopic (exact) mass is 953 g/mol. The molecule has 2 aromatic heterocycles. The Morgan fingerprint density at radius 3 is 2.48 bits per heavy atom. The Morgan fingerprint density at radius 2 is 1.75 bits per heavy atom. The maximum Gasteiger partial charge on any atom is 0.407 e. The van der Waals surface area contributed by atoms with Crippen LogP contribution >= 0.6 is 11.6 Å². The Bertz CT molecular complexity index is 2860. The number of allylic oxidation sites excluding steroid dienone is 1. The summed E-state index contributed by atoms with van der Waals surface area (Å²) in [6.45, 7) is 10.6. The van der Waals surface area contributed by atoms with E-state index in [1.807, 2.05) is 23.1 Å². The molecule has 4 N–H and O–H groups in total. The number of aromatic nitrogens is 2. The molecule has 9 rings (SSSR count). The van der Waals surface area contributed by atoms with Crippen LogP contribution in [-0.2, 0) is 10.0 Å². The molecule has 0 saturated carbocycles. The van der Waals surface area contributed by atoms with E-state index in [1.54, 1.807) is 24.4 Å². The van der Waals surface area contributed by atoms with Gasteiger partial charge in [-0.15, -0.1) is 0 Å². The van der Waals surface area contributed by atoms with Crippen molar-refractivity contribution in [1.29, 1.82) is 0 Å². The van der Waals surface area contributed by atoms with Crippen molar-refractivity contribution in [3.8, 4) is 17.2 Å². The van der Waals surface area contributed by atoms with Gasteiger partial charge in [-0.3, -0.25) is 24.7 Å². The summed E-state index contributed by atoms with van der Waals surface area (Å²) >= 11 is 6.25. The predicted octanol–water partition coefficient (Wildman–Crippen LogP) is 7.29. The van der Waals surface area contributed by atoms with E-state index in [0.29, 0.717) is 57.2 Å². The van der Waals surface area contributed by atoms with Crippen LogP contribution in [0.3, 0.4) is 0 Å². The van der Waals surface area contributed by atoms with E-state index >= 15 is 0 Å². The average molecular weight is 955 g/mol. The molecule has 0 unspecified atom stereocenters. The number of nitro groups is 1. The number of rotatable bonds is 12. The third-order valence-electron chi connectivity index (χ3n) is 13.0. The number of hydrogen-bond acceptors (Lipinski definition) is 13. The van der Waals surface area contributed by atoms with Crippen molar-refractivity contribution < 1.29 is 37.5 Å². The van der Waals surface area contributed by atoms with Crippen molar-refractivity contribution in [2.45, 2.75) is 44.0 Å². The third kappa shape index (κ3) is 10.3. The molecule has 67 heavy (non-hydrogen) atoms. The lowest BCUT2D eigenvalue weighted by Crippen LogP contribution is -2.52. The number of nitrogens with one attached hydrogen (secondary N) is 3. The quantitative estimate of drug-likeness (QED) is 0.0714. The fourth-order valence-corrected chi connectivity index (χ4v) is 10.4. The van der Waals surface area contributed by atoms with Crippen LogP contribution in [0.15, 0.2) is 89.6 Å². The topological polar surface area (TPSA) is 216 Å². The van der Waals surface area contributed by atoms with Crippen molar-refractivity contribution in [2.75, 3.05) is 82.3 Å². The summed E-state index contributed by atoms with van der Waals surface area (Å²) in [6.07, 6.45) is 5.41. The Kier molecular flexibility index (Phi) is 12.8. The zero-order chi connectivity index (χ0) is 47.0. The van der Waals surface area contributed by atoms with Crippen LogP contribution in [0, 0.1) is 15.5 Å². The number of pyridine rings is 1. The lowest BCUT2D eigenvalue weighted by atomic mass is 9.72. The maximum atomic E-state index is 14.1. The van der Waals surface area contributed by atoms with Crippen molar-refractivity contribution in [3.63, 3.8) is 0 Å². The van der Waals surface area contributed by atoms with E-state index in [-0.39, 0.29) is 34.8 Å². The number of H-pyrrole nitrogens is 1. The largest absolute Gasteiger partial charge is 0.489 e. The van der Waals surface area contributed by atoms with Crippen molar-refractivity contribution >= 4 is 67.3 Å². The SMILES string of the molecule is CC1(C)CCC(CN2CCN(c3ccc(C(=O)NS(=O)(=O)c4cc5c(c([N+](=O)[O-])c4)N[C@H](CN4CCN(C(=O)O)CC4)CO5)c(Oc4cnc5[nH]ccc5c4)c3)CC2)=C(c2ccc(Cl)cc2)C1. The van der Waals surface area contributed by atoms with Gasteiger partial charge >= 0.3 is 6.09 Å². The van der Waals surface area contributed by atoms with Crippen LogP contribution in [0.25, 0.3) is 16.6 Å². The molecule has 2 fully saturated rings. The summed E-state index contributed by atoms with van der Waals surface area (Å²) < 4.78 is 42.2. The summed E-state index contributed by atoms with van der Waals surface area (Å²) in [6, 6.07) is 18.3. The molecule has 1 atom stereocenters. The first-order chi connectivity index (χ1) is 32.1. The highest BCUT2D eigenvalue weighted by molar-refractivity contribution is 7.90. The van der Waals surface area contributed by atoms with E-state index < -0.39 is 43.6 Å². The first-order valence-corrected chi connectivity index (χ1v) is 24.1. The summed E-state index contributed by atoms with van der Waals surface area (Å²) in [5.74, 6) is -0.657. The molecule has 2 amide bonds. The van der Waals surface area contributed by atoms with Gasteiger partial charge in [0.25, 0.3) is 21.6 Å². The van der Waals surface area contributed by atoms with E-state index in [4.69, 9.17) is 21.1 Å². The number of carboxylic acid groups (broad SMARTS) is 1. The zero-order valence-corrected chi connectivity index (χ0v) is 38.7. The Hall–Kier alpha value is -6.41. The van der Waals surface area contributed by atoms with Gasteiger partial charge in [-0.1, -0.05) is 43.2 Å². The number of piperazine rings is 2. The Morgan fingerprint density at radius 1 is 1.00 bits per heavy atom. The summed E-state index contributed by atoms with van der Waals surface area (Å²) in [4.78, 5) is 52.0. The molecular formula is C47H52ClN9O9S. The molecule has 3 aromatic carbocycles. The number of fused-ring (bicyclic) bond motifs is 2. The van der Waals surface area contributed by atoms with Gasteiger partial charge in [0.15, 0.2) is 11.4 Å². The summed E-state index contributed by atoms with van der Waals surface area (Å²) in [7, 11) is -4.71. The number of sulfonamides is 1. The van der Waals surface area contributed by atoms with Gasteiger partial charge in [0.1, 0.15) is 23.8 Å². The number of halogens is 1. The molecule has 5 aromatic rings. The number of nitro benzene ring substituents is 1. The Balaban J connectivity index is 0.922. The van der Waals surface area contributed by atoms with Crippen LogP contribution < -0.4 is 24.4 Å². The fraction of sp³-hybridized carbons (Fsp3) is 0.383. The summed E-state index contributed by atoms with van der Waals surface area (Å²) in [5.41, 5.74) is 5.07. The first kappa shape index (κ1) is 45.7. The van der Waals surface area contributed by atoms with Gasteiger partial charge in [-0.05, 0) is 72.2 Å². The number of hydrogen-bond donors (Lipinski definition) is 4. The average Bonchev–Trinajstić information content (AvgIpc) is 3.78. The van der Waals surface area contributed by atoms with E-state index in [2.05, 4.69) is 55.8 Å². The second kappa shape index (κ2) is 18.7. The molecule has 20 heteroatoms. The van der Waals surface area contributed by atoms with E-state index in [9.17, 15) is 33.2 Å². The number of benzene rings is 3. The number of ether oxygens (including phenoxy) is 2. The van der Waals surface area contributed by atoms with Gasteiger partial charge < -0.3 is 34.7 Å². The highest BCUT2D eigenvalue weighted by Crippen LogP contribution is 2.44. The predicted molar refractivity (Wildman–Crippen MR) is 254 cm³/mol. The highest BCUT2D eigenvalue weighted by Gasteiger charge is 2.34. The van der Waals surface area contributed by atoms with Crippen LogP contribution in [-0.4, -0.2) is 133 Å². The molecule has 4 aliphatic rings. The first-order valence-electron chi connectivity index (χ1n) is 22.3. The molecule has 0 radical (unpaired) electrons. The molecule has 1 aliphatic carbocycles. The fourth-order valence-electron chi connectivity index (χ4n) is 9.32. The van der Waals surface area contributed by atoms with Crippen LogP contribution in [0.2, 0.25) is 5.02 Å². The molecule has 2 saturated heterocycles. The number of aromatic amines is 1. The minimum atomic E-state index is -4.71. The van der Waals surface area contributed by atoms with Crippen molar-refractivity contribution in [2.24, 2.45) is 5.41 Å². The molecule has 5 heterocycles. The van der Waals surface area contributed by atoms with Crippen molar-refractivity contribution in [3.05, 3.63) is 111 Å². The standard InChI is InChI=1S/C47H52ClN9O9S/c1-47(2)11-9-32(39(25-47)30-3-5-33(48)6-4-30)27-53-13-17-55(18-14-53)35-7-8-38(41(22-35)66-36-21-31-10-12-49-44(31)50-26-36)45(58)52-67(63,64)37-23-40(57(61)62)43-42(24-37)65-29-34(51-43)28-54-15-19-56(20-16-54)46(59)60/h3-8,10,12,21-24,26,34,51H,9,11,13-20,25,27-29H2,1-2H3,(H,49,50)(H,52,58)(H,59,60)/t34-/m1/s1. The van der Waals surface area contributed by atoms with Gasteiger partial charge in [0.05, 0.1) is 27.6 Å². The molecular weight excluding hydrogens is 902 g/mol. The molecule has 352 valence electrons. The minimum Gasteiger partial charge on any atom is -0.489 e. The second-order valence-electron chi connectivity index (χ2n) is 18.3. The molecule has 0 spiro atoms. The Labute approximate surface area is 392 Å². The maximum absolute atomic E-state index is 14.1. The molecule has 18 nitrogen and oxygen atoms in total. The third-order valence-corrected chi connectivity index (χ3v) is 14.6. The zero-order valence-electron chi connectivity index (χ0n) is 37.2. The van der Waals surface area contributed by atoms with Gasteiger partial charge in [-0.2, -0.15) is 0 Å². The number of carbonyl (C=O) groups is 2. The van der Waals surface area contributed by atoms with Crippen molar-refractivity contribution in [1.82, 2.24) is 29.4 Å². The second-order valence-corrected chi connectivity index (χ2v) is 20.4. The van der Waals surface area contributed by atoms with E-state index in [1.165, 1.54) is 33.9 Å². The highest BCUT2D eigenvalue weighted by atomic mass is 35.5. The number of amides is 2. The number of nitrogens with zero attached hydrogens (tertiary/aromatic N) is 6. The van der Waals surface area contributed by atoms with Crippen LogP contribution in [0.1, 0.15) is 49.0 Å². The van der Waals surface area contributed by atoms with Gasteiger partial charge in [-0.25, -0.2) is 22.9 Å². The minimum absolute atomic E-state index is 0.00797. The smallest absolute Gasteiger partial charge is 0.407 e.